The summed E-state index contributed by atoms with van der Waals surface area (Å²) in [4.78, 5) is 18.5. The highest BCUT2D eigenvalue weighted by molar-refractivity contribution is 5.75. The average Bonchev–Trinajstić information content (AvgIpc) is 2.58. The molecule has 1 fully saturated rings. The highest BCUT2D eigenvalue weighted by atomic mass is 19.2. The largest absolute Gasteiger partial charge is 0.367 e. The van der Waals surface area contributed by atoms with Gasteiger partial charge in [0, 0.05) is 13.1 Å². The molecule has 26 heavy (non-hydrogen) atoms. The minimum Gasteiger partial charge on any atom is -0.367 e. The zero-order valence-electron chi connectivity index (χ0n) is 14.6. The zero-order chi connectivity index (χ0) is 19.6. The molecule has 0 atom stereocenters. The van der Waals surface area contributed by atoms with Gasteiger partial charge in [-0.3, -0.25) is 0 Å². The smallest absolute Gasteiger partial charge is 0.330 e. The van der Waals surface area contributed by atoms with E-state index in [1.807, 2.05) is 0 Å². The first-order valence-electron chi connectivity index (χ1n) is 7.84. The molecule has 6 nitrogen and oxygen atoms in total. The summed E-state index contributed by atoms with van der Waals surface area (Å²) in [6.45, 7) is 5.64. The van der Waals surface area contributed by atoms with Crippen molar-refractivity contribution in [3.8, 4) is 12.1 Å². The Balaban J connectivity index is 2.25. The summed E-state index contributed by atoms with van der Waals surface area (Å²) >= 11 is 0. The Morgan fingerprint density at radius 3 is 1.92 bits per heavy atom. The predicted molar refractivity (Wildman–Crippen MR) is 85.1 cm³/mol. The van der Waals surface area contributed by atoms with Gasteiger partial charge in [-0.05, 0) is 20.8 Å². The van der Waals surface area contributed by atoms with Gasteiger partial charge in [0.15, 0.2) is 17.5 Å². The molecule has 9 heteroatoms. The van der Waals surface area contributed by atoms with E-state index in [0.717, 1.165) is 0 Å². The number of rotatable bonds is 2. The Bertz CT molecular complexity index is 814. The summed E-state index contributed by atoms with van der Waals surface area (Å²) in [7, 11) is 0. The second-order valence-corrected chi connectivity index (χ2v) is 6.81. The van der Waals surface area contributed by atoms with Crippen molar-refractivity contribution in [1.82, 2.24) is 5.06 Å². The van der Waals surface area contributed by atoms with E-state index >= 15 is 0 Å². The molecule has 2 rings (SSSR count). The molecule has 0 N–H and O–H groups in total. The van der Waals surface area contributed by atoms with Crippen molar-refractivity contribution >= 4 is 11.7 Å². The van der Waals surface area contributed by atoms with E-state index in [0.29, 0.717) is 0 Å². The molecule has 1 aromatic carbocycles. The molecule has 0 unspecified atom stereocenters. The number of nitriles is 2. The van der Waals surface area contributed by atoms with Crippen LogP contribution in [0.3, 0.4) is 0 Å². The lowest BCUT2D eigenvalue weighted by atomic mass is 9.98. The van der Waals surface area contributed by atoms with Gasteiger partial charge in [0.2, 0.25) is 0 Å². The second kappa shape index (κ2) is 7.22. The molecule has 0 saturated carbocycles. The number of carbonyl (C=O) groups is 1. The minimum absolute atomic E-state index is 0.0962. The van der Waals surface area contributed by atoms with Crippen molar-refractivity contribution in [3.05, 3.63) is 28.6 Å². The van der Waals surface area contributed by atoms with Crippen molar-refractivity contribution in [2.24, 2.45) is 5.41 Å². The Kier molecular flexibility index (Phi) is 5.43. The summed E-state index contributed by atoms with van der Waals surface area (Å²) in [6, 6.07) is 2.73. The van der Waals surface area contributed by atoms with Crippen LogP contribution in [0.2, 0.25) is 0 Å². The molecule has 1 aliphatic rings. The number of hydrogen-bond acceptors (Lipinski definition) is 6. The number of hydroxylamine groups is 2. The molecule has 0 amide bonds. The maximum absolute atomic E-state index is 14.5. The standard InChI is InChI=1S/C17H17F3N4O2/c1-17(2,3)16(25)26-24-6-4-23(5-7-24)15-11(9-22)13(19)12(18)10(8-21)14(15)20/h4-7H2,1-3H3. The second-order valence-electron chi connectivity index (χ2n) is 6.81. The molecule has 0 spiro atoms. The van der Waals surface area contributed by atoms with Gasteiger partial charge < -0.3 is 9.74 Å². The predicted octanol–water partition coefficient (Wildman–Crippen LogP) is 2.47. The van der Waals surface area contributed by atoms with Crippen LogP contribution in [-0.4, -0.2) is 37.2 Å². The van der Waals surface area contributed by atoms with E-state index in [2.05, 4.69) is 0 Å². The summed E-state index contributed by atoms with van der Waals surface area (Å²) in [6.07, 6.45) is 0. The van der Waals surface area contributed by atoms with Gasteiger partial charge in [0.1, 0.15) is 23.3 Å². The summed E-state index contributed by atoms with van der Waals surface area (Å²) < 4.78 is 42.2. The molecule has 138 valence electrons. The van der Waals surface area contributed by atoms with Crippen LogP contribution in [0.15, 0.2) is 0 Å². The van der Waals surface area contributed by atoms with Gasteiger partial charge in [0.05, 0.1) is 24.2 Å². The fraction of sp³-hybridized carbons (Fsp3) is 0.471. The van der Waals surface area contributed by atoms with E-state index in [4.69, 9.17) is 15.4 Å². The number of benzene rings is 1. The highest BCUT2D eigenvalue weighted by Crippen LogP contribution is 2.32. The van der Waals surface area contributed by atoms with Crippen molar-refractivity contribution < 1.29 is 22.8 Å². The van der Waals surface area contributed by atoms with Crippen LogP contribution < -0.4 is 4.90 Å². The van der Waals surface area contributed by atoms with Crippen LogP contribution in [0.1, 0.15) is 31.9 Å². The van der Waals surface area contributed by atoms with E-state index in [-0.39, 0.29) is 26.2 Å². The number of hydrogen-bond donors (Lipinski definition) is 0. The molecule has 0 radical (unpaired) electrons. The van der Waals surface area contributed by atoms with Crippen LogP contribution in [0, 0.1) is 45.5 Å². The maximum atomic E-state index is 14.5. The fourth-order valence-electron chi connectivity index (χ4n) is 2.40. The Labute approximate surface area is 148 Å². The number of anilines is 1. The fourth-order valence-corrected chi connectivity index (χ4v) is 2.40. The van der Waals surface area contributed by atoms with Gasteiger partial charge in [-0.15, -0.1) is 5.06 Å². The summed E-state index contributed by atoms with van der Waals surface area (Å²) in [5, 5.41) is 19.3. The monoisotopic (exact) mass is 366 g/mol. The van der Waals surface area contributed by atoms with E-state index in [1.165, 1.54) is 22.1 Å². The lowest BCUT2D eigenvalue weighted by Crippen LogP contribution is -2.48. The maximum Gasteiger partial charge on any atom is 0.330 e. The summed E-state index contributed by atoms with van der Waals surface area (Å²) in [5.74, 6) is -4.94. The number of piperazine rings is 1. The first-order valence-corrected chi connectivity index (χ1v) is 7.84. The molecule has 0 bridgehead atoms. The molecule has 1 aromatic rings. The van der Waals surface area contributed by atoms with Crippen molar-refractivity contribution in [2.45, 2.75) is 20.8 Å². The number of halogens is 3. The molecular formula is C17H17F3N4O2. The number of carbonyl (C=O) groups excluding carboxylic acids is 1. The molecule has 0 aromatic heterocycles. The number of nitrogens with zero attached hydrogens (tertiary/aromatic N) is 4. The first-order chi connectivity index (χ1) is 12.1. The van der Waals surface area contributed by atoms with Gasteiger partial charge in [-0.25, -0.2) is 18.0 Å². The zero-order valence-corrected chi connectivity index (χ0v) is 14.6. The third-order valence-corrected chi connectivity index (χ3v) is 3.90. The topological polar surface area (TPSA) is 80.4 Å². The van der Waals surface area contributed by atoms with E-state index < -0.39 is 45.7 Å². The van der Waals surface area contributed by atoms with Crippen LogP contribution >= 0.6 is 0 Å². The van der Waals surface area contributed by atoms with Gasteiger partial charge >= 0.3 is 5.97 Å². The highest BCUT2D eigenvalue weighted by Gasteiger charge is 2.32. The molecule has 1 saturated heterocycles. The Morgan fingerprint density at radius 2 is 1.46 bits per heavy atom. The van der Waals surface area contributed by atoms with Gasteiger partial charge in [-0.1, -0.05) is 0 Å². The van der Waals surface area contributed by atoms with Crippen molar-refractivity contribution in [3.63, 3.8) is 0 Å². The third-order valence-electron chi connectivity index (χ3n) is 3.90. The summed E-state index contributed by atoms with van der Waals surface area (Å²) in [5.41, 5.74) is -3.01. The lowest BCUT2D eigenvalue weighted by Gasteiger charge is -2.36. The molecule has 0 aliphatic carbocycles. The average molecular weight is 366 g/mol. The first kappa shape index (κ1) is 19.5. The molecular weight excluding hydrogens is 349 g/mol. The molecule has 1 heterocycles. The Hall–Kier alpha value is -2.78. The molecule has 1 aliphatic heterocycles. The van der Waals surface area contributed by atoms with Crippen molar-refractivity contribution in [1.29, 1.82) is 10.5 Å². The van der Waals surface area contributed by atoms with Gasteiger partial charge in [0.25, 0.3) is 0 Å². The quantitative estimate of drug-likeness (QED) is 0.748. The van der Waals surface area contributed by atoms with E-state index in [1.54, 1.807) is 20.8 Å². The van der Waals surface area contributed by atoms with E-state index in [9.17, 15) is 18.0 Å². The minimum atomic E-state index is -1.68. The third kappa shape index (κ3) is 3.58. The van der Waals surface area contributed by atoms with Crippen LogP contribution in [0.5, 0.6) is 0 Å². The normalized spacial score (nSPS) is 15.3. The lowest BCUT2D eigenvalue weighted by molar-refractivity contribution is -0.201. The SMILES string of the molecule is CC(C)(C)C(=O)ON1CCN(c2c(F)c(C#N)c(F)c(F)c2C#N)CC1. The van der Waals surface area contributed by atoms with Crippen LogP contribution in [0.4, 0.5) is 18.9 Å². The Morgan fingerprint density at radius 1 is 0.962 bits per heavy atom. The van der Waals surface area contributed by atoms with Gasteiger partial charge in [-0.2, -0.15) is 10.5 Å². The van der Waals surface area contributed by atoms with Crippen LogP contribution in [-0.2, 0) is 9.63 Å². The van der Waals surface area contributed by atoms with Crippen molar-refractivity contribution in [2.75, 3.05) is 31.1 Å². The van der Waals surface area contributed by atoms with Crippen LogP contribution in [0.25, 0.3) is 0 Å².